The molecule has 1 aromatic heterocycles. The number of carboxylic acid groups (broad SMARTS) is 1. The monoisotopic (exact) mass is 435 g/mol. The number of aromatic nitrogens is 1. The minimum Gasteiger partial charge on any atom is -0.478 e. The molecular formula is C6HBr4NO2. The third kappa shape index (κ3) is 2.31. The Morgan fingerprint density at radius 2 is 1.46 bits per heavy atom. The van der Waals surface area contributed by atoms with Crippen LogP contribution in [0.3, 0.4) is 0 Å². The van der Waals surface area contributed by atoms with E-state index >= 15 is 0 Å². The molecular weight excluding hydrogens is 438 g/mol. The smallest absolute Gasteiger partial charge is 0.338 e. The molecule has 70 valence electrons. The molecule has 0 saturated heterocycles. The topological polar surface area (TPSA) is 50.2 Å². The zero-order chi connectivity index (χ0) is 10.2. The summed E-state index contributed by atoms with van der Waals surface area (Å²) in [5.41, 5.74) is 0.133. The highest BCUT2D eigenvalue weighted by Gasteiger charge is 2.19. The predicted octanol–water partition coefficient (Wildman–Crippen LogP) is 3.83. The fourth-order valence-electron chi connectivity index (χ4n) is 0.675. The quantitative estimate of drug-likeness (QED) is 0.678. The van der Waals surface area contributed by atoms with Crippen molar-refractivity contribution in [3.05, 3.63) is 23.7 Å². The second-order valence-corrected chi connectivity index (χ2v) is 5.09. The van der Waals surface area contributed by atoms with Gasteiger partial charge in [-0.1, -0.05) is 0 Å². The molecule has 0 aliphatic heterocycles. The third-order valence-electron chi connectivity index (χ3n) is 1.21. The molecule has 0 saturated carbocycles. The SMILES string of the molecule is O=C(O)c1c(Br)c(Br)nc(Br)c1Br. The number of carbonyl (C=O) groups is 1. The average molecular weight is 439 g/mol. The van der Waals surface area contributed by atoms with Crippen LogP contribution in [0.4, 0.5) is 0 Å². The third-order valence-corrected chi connectivity index (χ3v) is 4.97. The second-order valence-electron chi connectivity index (χ2n) is 2.00. The van der Waals surface area contributed by atoms with E-state index in [1.807, 2.05) is 0 Å². The Bertz CT molecular complexity index is 353. The number of hydrogen-bond acceptors (Lipinski definition) is 2. The average Bonchev–Trinajstić information content (AvgIpc) is 2.01. The first kappa shape index (κ1) is 11.6. The van der Waals surface area contributed by atoms with Gasteiger partial charge >= 0.3 is 5.97 Å². The maximum atomic E-state index is 10.8. The number of nitrogens with zero attached hydrogens (tertiary/aromatic N) is 1. The van der Waals surface area contributed by atoms with Gasteiger partial charge < -0.3 is 5.11 Å². The summed E-state index contributed by atoms with van der Waals surface area (Å²) in [5, 5.41) is 8.87. The number of aromatic carboxylic acids is 1. The Balaban J connectivity index is 3.56. The maximum absolute atomic E-state index is 10.8. The van der Waals surface area contributed by atoms with E-state index in [1.54, 1.807) is 0 Å². The summed E-state index contributed by atoms with van der Waals surface area (Å²) < 4.78 is 1.71. The number of rotatable bonds is 1. The van der Waals surface area contributed by atoms with Crippen molar-refractivity contribution >= 4 is 69.7 Å². The van der Waals surface area contributed by atoms with Crippen molar-refractivity contribution < 1.29 is 9.90 Å². The van der Waals surface area contributed by atoms with Crippen molar-refractivity contribution in [3.63, 3.8) is 0 Å². The van der Waals surface area contributed by atoms with E-state index < -0.39 is 5.97 Å². The van der Waals surface area contributed by atoms with Crippen LogP contribution < -0.4 is 0 Å². The molecule has 0 atom stereocenters. The highest BCUT2D eigenvalue weighted by atomic mass is 79.9. The largest absolute Gasteiger partial charge is 0.478 e. The maximum Gasteiger partial charge on any atom is 0.338 e. The number of halogens is 4. The van der Waals surface area contributed by atoms with Crippen molar-refractivity contribution in [1.29, 1.82) is 0 Å². The van der Waals surface area contributed by atoms with Gasteiger partial charge in [-0.3, -0.25) is 0 Å². The second kappa shape index (κ2) is 4.37. The zero-order valence-corrected chi connectivity index (χ0v) is 12.2. The first-order valence-electron chi connectivity index (χ1n) is 2.88. The van der Waals surface area contributed by atoms with E-state index in [1.165, 1.54) is 0 Å². The molecule has 0 aliphatic rings. The lowest BCUT2D eigenvalue weighted by molar-refractivity contribution is 0.0694. The first-order chi connectivity index (χ1) is 5.95. The molecule has 0 aliphatic carbocycles. The predicted molar refractivity (Wildman–Crippen MR) is 62.0 cm³/mol. The normalized spacial score (nSPS) is 10.2. The zero-order valence-electron chi connectivity index (χ0n) is 5.81. The molecule has 0 aromatic carbocycles. The van der Waals surface area contributed by atoms with Gasteiger partial charge in [-0.25, -0.2) is 9.78 Å². The van der Waals surface area contributed by atoms with Crippen molar-refractivity contribution in [2.75, 3.05) is 0 Å². The Morgan fingerprint density at radius 3 is 1.77 bits per heavy atom. The Morgan fingerprint density at radius 1 is 1.08 bits per heavy atom. The van der Waals surface area contributed by atoms with Gasteiger partial charge in [0.1, 0.15) is 9.21 Å². The molecule has 0 amide bonds. The van der Waals surface area contributed by atoms with Gasteiger partial charge in [0.2, 0.25) is 0 Å². The fourth-order valence-corrected chi connectivity index (χ4v) is 2.84. The standard InChI is InChI=1S/C6HBr4NO2/c7-2-1(6(12)13)3(8)5(10)11-4(2)9/h(H,12,13). The van der Waals surface area contributed by atoms with E-state index in [0.717, 1.165) is 0 Å². The molecule has 1 rings (SSSR count). The van der Waals surface area contributed by atoms with Crippen LogP contribution >= 0.6 is 63.7 Å². The molecule has 1 aromatic rings. The van der Waals surface area contributed by atoms with E-state index in [4.69, 9.17) is 5.11 Å². The lowest BCUT2D eigenvalue weighted by atomic mass is 10.3. The van der Waals surface area contributed by atoms with E-state index in [9.17, 15) is 4.79 Å². The fraction of sp³-hybridized carbons (Fsp3) is 0. The summed E-state index contributed by atoms with van der Waals surface area (Å²) in [6.45, 7) is 0. The molecule has 0 bridgehead atoms. The Labute approximate surface area is 107 Å². The van der Waals surface area contributed by atoms with Gasteiger partial charge in [-0.2, -0.15) is 0 Å². The minimum absolute atomic E-state index is 0.133. The van der Waals surface area contributed by atoms with Crippen molar-refractivity contribution in [2.45, 2.75) is 0 Å². The van der Waals surface area contributed by atoms with E-state index in [-0.39, 0.29) is 5.56 Å². The Kier molecular flexibility index (Phi) is 3.91. The van der Waals surface area contributed by atoms with Crippen LogP contribution in [0.25, 0.3) is 0 Å². The molecule has 0 radical (unpaired) electrons. The van der Waals surface area contributed by atoms with Crippen LogP contribution in [0, 0.1) is 0 Å². The molecule has 0 unspecified atom stereocenters. The lowest BCUT2D eigenvalue weighted by Gasteiger charge is -2.05. The summed E-state index contributed by atoms with van der Waals surface area (Å²) in [5.74, 6) is -1.03. The molecule has 3 nitrogen and oxygen atoms in total. The summed E-state index contributed by atoms with van der Waals surface area (Å²) >= 11 is 12.5. The number of hydrogen-bond donors (Lipinski definition) is 1. The van der Waals surface area contributed by atoms with Gasteiger partial charge in [0.25, 0.3) is 0 Å². The Hall–Kier alpha value is 0.540. The van der Waals surface area contributed by atoms with Crippen LogP contribution in [0.5, 0.6) is 0 Å². The molecule has 0 spiro atoms. The van der Waals surface area contributed by atoms with E-state index in [2.05, 4.69) is 68.7 Å². The lowest BCUT2D eigenvalue weighted by Crippen LogP contribution is -2.02. The van der Waals surface area contributed by atoms with Crippen molar-refractivity contribution in [3.8, 4) is 0 Å². The highest BCUT2D eigenvalue weighted by molar-refractivity contribution is 9.13. The number of carboxylic acids is 1. The van der Waals surface area contributed by atoms with Crippen LogP contribution in [0.2, 0.25) is 0 Å². The first-order valence-corrected chi connectivity index (χ1v) is 6.05. The summed E-state index contributed by atoms with van der Waals surface area (Å²) in [6, 6.07) is 0. The molecule has 13 heavy (non-hydrogen) atoms. The van der Waals surface area contributed by atoms with Gasteiger partial charge in [-0.15, -0.1) is 0 Å². The van der Waals surface area contributed by atoms with Crippen LogP contribution in [0.1, 0.15) is 10.4 Å². The van der Waals surface area contributed by atoms with Crippen LogP contribution in [-0.2, 0) is 0 Å². The van der Waals surface area contributed by atoms with Crippen molar-refractivity contribution in [2.24, 2.45) is 0 Å². The minimum atomic E-state index is -1.03. The summed E-state index contributed by atoms with van der Waals surface area (Å²) in [7, 11) is 0. The summed E-state index contributed by atoms with van der Waals surface area (Å²) in [4.78, 5) is 14.8. The van der Waals surface area contributed by atoms with Crippen LogP contribution in [-0.4, -0.2) is 16.1 Å². The summed E-state index contributed by atoms with van der Waals surface area (Å²) in [6.07, 6.45) is 0. The highest BCUT2D eigenvalue weighted by Crippen LogP contribution is 2.35. The number of pyridine rings is 1. The van der Waals surface area contributed by atoms with Gasteiger partial charge in [-0.05, 0) is 63.7 Å². The molecule has 1 N–H and O–H groups in total. The molecule has 1 heterocycles. The molecule has 0 fully saturated rings. The van der Waals surface area contributed by atoms with Gasteiger partial charge in [0, 0.05) is 0 Å². The van der Waals surface area contributed by atoms with Gasteiger partial charge in [0.05, 0.1) is 14.5 Å². The van der Waals surface area contributed by atoms with E-state index in [0.29, 0.717) is 18.2 Å². The van der Waals surface area contributed by atoms with Crippen molar-refractivity contribution in [1.82, 2.24) is 4.98 Å². The van der Waals surface area contributed by atoms with Gasteiger partial charge in [0.15, 0.2) is 0 Å². The molecule has 7 heteroatoms. The van der Waals surface area contributed by atoms with Crippen LogP contribution in [0.15, 0.2) is 18.2 Å².